The Morgan fingerprint density at radius 2 is 1.93 bits per heavy atom. The van der Waals surface area contributed by atoms with Crippen molar-refractivity contribution in [1.29, 1.82) is 0 Å². The lowest BCUT2D eigenvalue weighted by molar-refractivity contribution is 0.0554. The van der Waals surface area contributed by atoms with E-state index in [1.54, 1.807) is 32.4 Å². The first-order valence-corrected chi connectivity index (χ1v) is 9.15. The highest BCUT2D eigenvalue weighted by Crippen LogP contribution is 2.32. The number of amides is 1. The molecule has 1 saturated heterocycles. The van der Waals surface area contributed by atoms with Crippen LogP contribution in [0.1, 0.15) is 42.0 Å². The molecule has 2 aromatic rings. The second-order valence-electron chi connectivity index (χ2n) is 6.43. The van der Waals surface area contributed by atoms with Crippen molar-refractivity contribution in [2.45, 2.75) is 26.3 Å². The lowest BCUT2D eigenvalue weighted by atomic mass is 10.1. The number of carbonyl (C=O) groups is 1. The molecule has 1 aliphatic rings. The summed E-state index contributed by atoms with van der Waals surface area (Å²) in [5.74, 6) is 2.25. The van der Waals surface area contributed by atoms with Gasteiger partial charge in [-0.25, -0.2) is 0 Å². The average Bonchev–Trinajstić information content (AvgIpc) is 3.21. The Labute approximate surface area is 159 Å². The van der Waals surface area contributed by atoms with Crippen LogP contribution in [-0.4, -0.2) is 66.3 Å². The summed E-state index contributed by atoms with van der Waals surface area (Å²) in [5, 5.41) is 8.17. The quantitative estimate of drug-likeness (QED) is 0.766. The Morgan fingerprint density at radius 3 is 2.52 bits per heavy atom. The van der Waals surface area contributed by atoms with E-state index in [1.807, 2.05) is 11.8 Å². The van der Waals surface area contributed by atoms with Gasteiger partial charge in [0.1, 0.15) is 0 Å². The van der Waals surface area contributed by atoms with E-state index in [2.05, 4.69) is 22.0 Å². The first kappa shape index (κ1) is 19.2. The average molecular weight is 374 g/mol. The van der Waals surface area contributed by atoms with Crippen molar-refractivity contribution in [1.82, 2.24) is 20.0 Å². The maximum absolute atomic E-state index is 13.0. The molecule has 0 radical (unpaired) electrons. The minimum absolute atomic E-state index is 0.0291. The van der Waals surface area contributed by atoms with E-state index in [0.29, 0.717) is 41.9 Å². The highest BCUT2D eigenvalue weighted by atomic mass is 16.5. The number of ether oxygens (including phenoxy) is 2. The van der Waals surface area contributed by atoms with Gasteiger partial charge in [-0.2, -0.15) is 0 Å². The highest BCUT2D eigenvalue weighted by Gasteiger charge is 2.29. The monoisotopic (exact) mass is 374 g/mol. The molecular formula is C19H26N4O4. The lowest BCUT2D eigenvalue weighted by Gasteiger charge is -2.37. The molecule has 1 fully saturated rings. The number of carbonyl (C=O) groups excluding carboxylic acids is 1. The van der Waals surface area contributed by atoms with Crippen LogP contribution in [0.3, 0.4) is 0 Å². The van der Waals surface area contributed by atoms with Crippen molar-refractivity contribution in [2.75, 3.05) is 40.4 Å². The molecule has 1 aromatic carbocycles. The summed E-state index contributed by atoms with van der Waals surface area (Å²) >= 11 is 0. The van der Waals surface area contributed by atoms with Crippen LogP contribution in [-0.2, 0) is 6.42 Å². The predicted molar refractivity (Wildman–Crippen MR) is 99.1 cm³/mol. The van der Waals surface area contributed by atoms with Crippen LogP contribution >= 0.6 is 0 Å². The van der Waals surface area contributed by atoms with Gasteiger partial charge in [0.15, 0.2) is 11.5 Å². The van der Waals surface area contributed by atoms with Crippen LogP contribution < -0.4 is 9.47 Å². The molecular weight excluding hydrogens is 348 g/mol. The molecule has 1 aliphatic heterocycles. The molecule has 0 aliphatic carbocycles. The number of nitrogens with zero attached hydrogens (tertiary/aromatic N) is 4. The smallest absolute Gasteiger partial charge is 0.257 e. The molecule has 1 aromatic heterocycles. The number of piperazine rings is 1. The molecule has 0 N–H and O–H groups in total. The Morgan fingerprint density at radius 1 is 1.19 bits per heavy atom. The fourth-order valence-corrected chi connectivity index (χ4v) is 3.27. The Kier molecular flexibility index (Phi) is 5.95. The van der Waals surface area contributed by atoms with Crippen LogP contribution in [0.25, 0.3) is 0 Å². The first-order chi connectivity index (χ1) is 13.1. The Balaban J connectivity index is 1.66. The number of methoxy groups -OCH3 is 2. The van der Waals surface area contributed by atoms with Gasteiger partial charge in [-0.1, -0.05) is 13.0 Å². The normalized spacial score (nSPS) is 16.2. The van der Waals surface area contributed by atoms with Crippen molar-refractivity contribution in [3.8, 4) is 11.5 Å². The maximum atomic E-state index is 13.0. The zero-order valence-corrected chi connectivity index (χ0v) is 16.3. The molecule has 1 atom stereocenters. The van der Waals surface area contributed by atoms with Crippen molar-refractivity contribution >= 4 is 5.91 Å². The third-order valence-electron chi connectivity index (χ3n) is 4.92. The molecule has 0 saturated carbocycles. The number of benzene rings is 1. The van der Waals surface area contributed by atoms with Crippen molar-refractivity contribution < 1.29 is 18.7 Å². The molecule has 8 nitrogen and oxygen atoms in total. The summed E-state index contributed by atoms with van der Waals surface area (Å²) in [6, 6.07) is 5.38. The maximum Gasteiger partial charge on any atom is 0.257 e. The van der Waals surface area contributed by atoms with Gasteiger partial charge in [-0.15, -0.1) is 10.2 Å². The van der Waals surface area contributed by atoms with E-state index in [4.69, 9.17) is 13.9 Å². The van der Waals surface area contributed by atoms with Gasteiger partial charge in [-0.05, 0) is 19.1 Å². The number of rotatable bonds is 6. The molecule has 1 unspecified atom stereocenters. The molecule has 0 spiro atoms. The number of hydrogen-bond donors (Lipinski definition) is 0. The van der Waals surface area contributed by atoms with Crippen LogP contribution in [0.4, 0.5) is 0 Å². The van der Waals surface area contributed by atoms with E-state index in [1.165, 1.54) is 0 Å². The van der Waals surface area contributed by atoms with E-state index in [-0.39, 0.29) is 11.9 Å². The SMILES string of the molecule is CCc1nnc(C(C)N2CCN(C(=O)c3cccc(OC)c3OC)CC2)o1. The fraction of sp³-hybridized carbons (Fsp3) is 0.526. The third-order valence-corrected chi connectivity index (χ3v) is 4.92. The summed E-state index contributed by atoms with van der Waals surface area (Å²) in [6.45, 7) is 6.76. The summed E-state index contributed by atoms with van der Waals surface area (Å²) in [7, 11) is 3.11. The summed E-state index contributed by atoms with van der Waals surface area (Å²) in [6.07, 6.45) is 0.727. The number of aromatic nitrogens is 2. The molecule has 2 heterocycles. The van der Waals surface area contributed by atoms with Crippen LogP contribution in [0, 0.1) is 0 Å². The number of para-hydroxylation sites is 1. The zero-order valence-electron chi connectivity index (χ0n) is 16.3. The Bertz CT molecular complexity index is 784. The van der Waals surface area contributed by atoms with Gasteiger partial charge in [0.05, 0.1) is 25.8 Å². The fourth-order valence-electron chi connectivity index (χ4n) is 3.27. The number of hydrogen-bond acceptors (Lipinski definition) is 7. The third kappa shape index (κ3) is 3.90. The minimum Gasteiger partial charge on any atom is -0.493 e. The highest BCUT2D eigenvalue weighted by molar-refractivity contribution is 5.97. The van der Waals surface area contributed by atoms with Crippen molar-refractivity contribution in [3.63, 3.8) is 0 Å². The van der Waals surface area contributed by atoms with Gasteiger partial charge in [-0.3, -0.25) is 9.69 Å². The van der Waals surface area contributed by atoms with E-state index < -0.39 is 0 Å². The largest absolute Gasteiger partial charge is 0.493 e. The van der Waals surface area contributed by atoms with Gasteiger partial charge in [0.2, 0.25) is 11.8 Å². The van der Waals surface area contributed by atoms with Crippen LogP contribution in [0.15, 0.2) is 22.6 Å². The standard InChI is InChI=1S/C19H26N4O4/c1-5-16-20-21-18(27-16)13(2)22-9-11-23(12-10-22)19(24)14-7-6-8-15(25-3)17(14)26-4/h6-8,13H,5,9-12H2,1-4H3. The lowest BCUT2D eigenvalue weighted by Crippen LogP contribution is -2.49. The van der Waals surface area contributed by atoms with Gasteiger partial charge in [0, 0.05) is 32.6 Å². The summed E-state index contributed by atoms with van der Waals surface area (Å²) < 4.78 is 16.4. The van der Waals surface area contributed by atoms with E-state index in [0.717, 1.165) is 19.5 Å². The summed E-state index contributed by atoms with van der Waals surface area (Å²) in [5.41, 5.74) is 0.517. The Hall–Kier alpha value is -2.61. The minimum atomic E-state index is -0.0517. The predicted octanol–water partition coefficient (Wildman–Crippen LogP) is 2.17. The molecule has 27 heavy (non-hydrogen) atoms. The summed E-state index contributed by atoms with van der Waals surface area (Å²) in [4.78, 5) is 17.1. The topological polar surface area (TPSA) is 80.9 Å². The van der Waals surface area contributed by atoms with Gasteiger partial charge in [0.25, 0.3) is 5.91 Å². The molecule has 146 valence electrons. The van der Waals surface area contributed by atoms with Crippen LogP contribution in [0.5, 0.6) is 11.5 Å². The molecule has 1 amide bonds. The molecule has 3 rings (SSSR count). The second-order valence-corrected chi connectivity index (χ2v) is 6.43. The number of aryl methyl sites for hydroxylation is 1. The van der Waals surface area contributed by atoms with Gasteiger partial charge >= 0.3 is 0 Å². The van der Waals surface area contributed by atoms with Gasteiger partial charge < -0.3 is 18.8 Å². The van der Waals surface area contributed by atoms with E-state index >= 15 is 0 Å². The van der Waals surface area contributed by atoms with Crippen LogP contribution in [0.2, 0.25) is 0 Å². The molecule has 8 heteroatoms. The van der Waals surface area contributed by atoms with Crippen molar-refractivity contribution in [2.24, 2.45) is 0 Å². The molecule has 0 bridgehead atoms. The first-order valence-electron chi connectivity index (χ1n) is 9.15. The van der Waals surface area contributed by atoms with Crippen molar-refractivity contribution in [3.05, 3.63) is 35.5 Å². The zero-order chi connectivity index (χ0) is 19.4. The second kappa shape index (κ2) is 8.39. The van der Waals surface area contributed by atoms with E-state index in [9.17, 15) is 4.79 Å².